The molecular weight excluding hydrogens is 218 g/mol. The van der Waals surface area contributed by atoms with E-state index in [-0.39, 0.29) is 22.0 Å². The molecule has 2 rings (SSSR count). The van der Waals surface area contributed by atoms with Gasteiger partial charge in [-0.1, -0.05) is 16.8 Å². The highest BCUT2D eigenvalue weighted by atomic mass is 35.5. The van der Waals surface area contributed by atoms with E-state index in [1.165, 1.54) is 7.11 Å². The zero-order valence-electron chi connectivity index (χ0n) is 8.62. The number of rotatable bonds is 2. The van der Waals surface area contributed by atoms with E-state index >= 15 is 0 Å². The summed E-state index contributed by atoms with van der Waals surface area (Å²) in [5, 5.41) is 12.1. The van der Waals surface area contributed by atoms with Gasteiger partial charge in [0.1, 0.15) is 0 Å². The Kier molecular flexibility index (Phi) is 2.41. The lowest BCUT2D eigenvalue weighted by Crippen LogP contribution is -2.27. The van der Waals surface area contributed by atoms with E-state index in [9.17, 15) is 4.79 Å². The monoisotopic (exact) mass is 231 g/mol. The third kappa shape index (κ3) is 1.34. The SMILES string of the molecule is COC(=O)C12CCC(C(Cl)=NO)(CC1)C2. The fraction of sp³-hybridized carbons (Fsp3) is 0.800. The van der Waals surface area contributed by atoms with Gasteiger partial charge in [0, 0.05) is 5.41 Å². The third-order valence-electron chi connectivity index (χ3n) is 3.98. The van der Waals surface area contributed by atoms with Crippen molar-refractivity contribution in [3.8, 4) is 0 Å². The maximum Gasteiger partial charge on any atom is 0.311 e. The zero-order chi connectivity index (χ0) is 11.1. The molecule has 15 heavy (non-hydrogen) atoms. The molecule has 0 aliphatic heterocycles. The van der Waals surface area contributed by atoms with E-state index in [1.807, 2.05) is 0 Å². The summed E-state index contributed by atoms with van der Waals surface area (Å²) in [5.74, 6) is -0.149. The fourth-order valence-electron chi connectivity index (χ4n) is 3.09. The molecule has 5 heteroatoms. The number of nitrogens with zero attached hydrogens (tertiary/aromatic N) is 1. The number of ether oxygens (including phenoxy) is 1. The van der Waals surface area contributed by atoms with Gasteiger partial charge in [0.25, 0.3) is 0 Å². The molecule has 0 amide bonds. The summed E-state index contributed by atoms with van der Waals surface area (Å²) in [6.07, 6.45) is 3.85. The first-order chi connectivity index (χ1) is 7.08. The van der Waals surface area contributed by atoms with Crippen molar-refractivity contribution in [1.29, 1.82) is 0 Å². The van der Waals surface area contributed by atoms with Crippen LogP contribution in [0.1, 0.15) is 32.1 Å². The highest BCUT2D eigenvalue weighted by Crippen LogP contribution is 2.62. The maximum absolute atomic E-state index is 11.7. The van der Waals surface area contributed by atoms with Crippen molar-refractivity contribution in [2.45, 2.75) is 32.1 Å². The van der Waals surface area contributed by atoms with Crippen molar-refractivity contribution in [2.24, 2.45) is 16.0 Å². The standard InChI is InChI=1S/C10H14ClNO3/c1-15-8(13)10-4-2-9(6-10,3-5-10)7(11)12-14/h14H,2-6H2,1H3. The van der Waals surface area contributed by atoms with Crippen molar-refractivity contribution < 1.29 is 14.7 Å². The molecule has 0 aromatic rings. The summed E-state index contributed by atoms with van der Waals surface area (Å²) in [5.41, 5.74) is -0.649. The maximum atomic E-state index is 11.7. The van der Waals surface area contributed by atoms with Gasteiger partial charge < -0.3 is 9.94 Å². The van der Waals surface area contributed by atoms with Crippen LogP contribution in [-0.4, -0.2) is 23.5 Å². The number of fused-ring (bicyclic) bond motifs is 2. The Morgan fingerprint density at radius 3 is 2.33 bits per heavy atom. The van der Waals surface area contributed by atoms with E-state index in [0.717, 1.165) is 25.7 Å². The molecule has 0 saturated heterocycles. The van der Waals surface area contributed by atoms with E-state index < -0.39 is 0 Å². The van der Waals surface area contributed by atoms with Crippen LogP contribution in [0, 0.1) is 10.8 Å². The Labute approximate surface area is 93.2 Å². The van der Waals surface area contributed by atoms with Gasteiger partial charge in [-0.05, 0) is 32.1 Å². The minimum atomic E-state index is -0.375. The van der Waals surface area contributed by atoms with Gasteiger partial charge in [-0.25, -0.2) is 0 Å². The van der Waals surface area contributed by atoms with Gasteiger partial charge >= 0.3 is 5.97 Å². The Bertz CT molecular complexity index is 319. The average Bonchev–Trinajstić information content (AvgIpc) is 2.85. The summed E-state index contributed by atoms with van der Waals surface area (Å²) in [6.45, 7) is 0. The summed E-state index contributed by atoms with van der Waals surface area (Å²) in [4.78, 5) is 11.7. The Balaban J connectivity index is 2.25. The van der Waals surface area contributed by atoms with Crippen molar-refractivity contribution in [2.75, 3.05) is 7.11 Å². The molecule has 2 saturated carbocycles. The number of hydrogen-bond donors (Lipinski definition) is 1. The number of carbonyl (C=O) groups excluding carboxylic acids is 1. The van der Waals surface area contributed by atoms with Crippen LogP contribution in [0.3, 0.4) is 0 Å². The lowest BCUT2D eigenvalue weighted by atomic mass is 9.82. The molecular formula is C10H14ClNO3. The zero-order valence-corrected chi connectivity index (χ0v) is 9.38. The molecule has 0 heterocycles. The van der Waals surface area contributed by atoms with E-state index in [2.05, 4.69) is 5.16 Å². The minimum Gasteiger partial charge on any atom is -0.469 e. The summed E-state index contributed by atoms with van der Waals surface area (Å²) in [7, 11) is 1.41. The fourth-order valence-corrected chi connectivity index (χ4v) is 3.34. The van der Waals surface area contributed by atoms with Crippen LogP contribution in [0.5, 0.6) is 0 Å². The van der Waals surface area contributed by atoms with Gasteiger partial charge in [0.2, 0.25) is 0 Å². The number of esters is 1. The van der Waals surface area contributed by atoms with Gasteiger partial charge in [-0.15, -0.1) is 0 Å². The largest absolute Gasteiger partial charge is 0.469 e. The van der Waals surface area contributed by atoms with Crippen LogP contribution >= 0.6 is 11.6 Å². The molecule has 2 aliphatic carbocycles. The van der Waals surface area contributed by atoms with Crippen LogP contribution in [0.2, 0.25) is 0 Å². The summed E-state index contributed by atoms with van der Waals surface area (Å²) < 4.78 is 4.83. The highest BCUT2D eigenvalue weighted by Gasteiger charge is 2.60. The van der Waals surface area contributed by atoms with Crippen molar-refractivity contribution in [1.82, 2.24) is 0 Å². The number of oxime groups is 1. The first-order valence-corrected chi connectivity index (χ1v) is 5.43. The summed E-state index contributed by atoms with van der Waals surface area (Å²) in [6, 6.07) is 0. The second-order valence-corrected chi connectivity index (χ2v) is 4.98. The Morgan fingerprint density at radius 1 is 1.33 bits per heavy atom. The topological polar surface area (TPSA) is 58.9 Å². The van der Waals surface area contributed by atoms with Crippen LogP contribution < -0.4 is 0 Å². The smallest absolute Gasteiger partial charge is 0.311 e. The molecule has 0 atom stereocenters. The van der Waals surface area contributed by atoms with E-state index in [0.29, 0.717) is 6.42 Å². The number of carbonyl (C=O) groups is 1. The number of methoxy groups -OCH3 is 1. The van der Waals surface area contributed by atoms with Gasteiger partial charge in [-0.3, -0.25) is 4.79 Å². The highest BCUT2D eigenvalue weighted by molar-refractivity contribution is 6.66. The second-order valence-electron chi connectivity index (χ2n) is 4.62. The van der Waals surface area contributed by atoms with Gasteiger partial charge in [-0.2, -0.15) is 0 Å². The number of halogens is 1. The van der Waals surface area contributed by atoms with Crippen molar-refractivity contribution in [3.63, 3.8) is 0 Å². The Morgan fingerprint density at radius 2 is 1.87 bits per heavy atom. The van der Waals surface area contributed by atoms with E-state index in [1.54, 1.807) is 0 Å². The molecule has 0 spiro atoms. The van der Waals surface area contributed by atoms with Gasteiger partial charge in [0.15, 0.2) is 5.17 Å². The molecule has 84 valence electrons. The van der Waals surface area contributed by atoms with Crippen LogP contribution in [-0.2, 0) is 9.53 Å². The van der Waals surface area contributed by atoms with Gasteiger partial charge in [0.05, 0.1) is 12.5 Å². The first kappa shape index (κ1) is 10.7. The predicted octanol–water partition coefficient (Wildman–Crippen LogP) is 2.14. The molecule has 0 aromatic carbocycles. The molecule has 0 aromatic heterocycles. The van der Waals surface area contributed by atoms with Crippen LogP contribution in [0.25, 0.3) is 0 Å². The normalized spacial score (nSPS) is 39.5. The molecule has 1 N–H and O–H groups in total. The van der Waals surface area contributed by atoms with Crippen molar-refractivity contribution in [3.05, 3.63) is 0 Å². The molecule has 2 bridgehead atoms. The van der Waals surface area contributed by atoms with Crippen LogP contribution in [0.4, 0.5) is 0 Å². The minimum absolute atomic E-state index is 0.149. The van der Waals surface area contributed by atoms with Crippen molar-refractivity contribution >= 4 is 22.7 Å². The molecule has 2 fully saturated rings. The molecule has 0 unspecified atom stereocenters. The second kappa shape index (κ2) is 3.37. The first-order valence-electron chi connectivity index (χ1n) is 5.05. The lowest BCUT2D eigenvalue weighted by molar-refractivity contribution is -0.152. The molecule has 4 nitrogen and oxygen atoms in total. The number of hydrogen-bond acceptors (Lipinski definition) is 4. The molecule has 2 aliphatic rings. The summed E-state index contributed by atoms with van der Waals surface area (Å²) >= 11 is 5.91. The predicted molar refractivity (Wildman–Crippen MR) is 55.0 cm³/mol. The quantitative estimate of drug-likeness (QED) is 0.343. The lowest BCUT2D eigenvalue weighted by Gasteiger charge is -2.24. The third-order valence-corrected chi connectivity index (χ3v) is 4.46. The van der Waals surface area contributed by atoms with Crippen LogP contribution in [0.15, 0.2) is 5.16 Å². The van der Waals surface area contributed by atoms with E-state index in [4.69, 9.17) is 21.5 Å². The molecule has 0 radical (unpaired) electrons. The Hall–Kier alpha value is -0.770. The average molecular weight is 232 g/mol.